The molecular weight excluding hydrogens is 180 g/mol. The lowest BCUT2D eigenvalue weighted by Gasteiger charge is -2.15. The van der Waals surface area contributed by atoms with Crippen LogP contribution in [0.1, 0.15) is 25.5 Å². The summed E-state index contributed by atoms with van der Waals surface area (Å²) >= 11 is 0. The van der Waals surface area contributed by atoms with Crippen molar-refractivity contribution < 1.29 is 14.3 Å². The van der Waals surface area contributed by atoms with Crippen molar-refractivity contribution in [2.24, 2.45) is 0 Å². The molecule has 0 saturated carbocycles. The Bertz CT molecular complexity index is 343. The minimum Gasteiger partial charge on any atom is -0.431 e. The Morgan fingerprint density at radius 1 is 1.21 bits per heavy atom. The number of hydrogen-bond acceptors (Lipinski definition) is 3. The third kappa shape index (κ3) is 1.63. The van der Waals surface area contributed by atoms with E-state index in [1.165, 1.54) is 0 Å². The van der Waals surface area contributed by atoms with Gasteiger partial charge in [0.2, 0.25) is 5.79 Å². The smallest absolute Gasteiger partial charge is 0.342 e. The third-order valence-corrected chi connectivity index (χ3v) is 2.06. The third-order valence-electron chi connectivity index (χ3n) is 2.06. The molecular formula is C11H12O3. The van der Waals surface area contributed by atoms with Crippen molar-refractivity contribution in [1.29, 1.82) is 0 Å². The lowest BCUT2D eigenvalue weighted by atomic mass is 10.1. The molecule has 1 aromatic rings. The van der Waals surface area contributed by atoms with Crippen molar-refractivity contribution in [2.45, 2.75) is 25.7 Å². The van der Waals surface area contributed by atoms with Crippen LogP contribution in [0, 0.1) is 0 Å². The first-order valence-electron chi connectivity index (χ1n) is 4.54. The Hall–Kier alpha value is -1.35. The first kappa shape index (κ1) is 9.21. The van der Waals surface area contributed by atoms with Gasteiger partial charge in [0, 0.05) is 13.8 Å². The first-order chi connectivity index (χ1) is 6.58. The zero-order chi connectivity index (χ0) is 10.2. The van der Waals surface area contributed by atoms with Crippen LogP contribution < -0.4 is 0 Å². The van der Waals surface area contributed by atoms with Crippen molar-refractivity contribution >= 4 is 5.97 Å². The minimum atomic E-state index is -0.808. The van der Waals surface area contributed by atoms with Crippen LogP contribution in [0.25, 0.3) is 0 Å². The minimum absolute atomic E-state index is 0.318. The average molecular weight is 192 g/mol. The number of ether oxygens (including phenoxy) is 2. The van der Waals surface area contributed by atoms with E-state index in [0.717, 1.165) is 5.56 Å². The Morgan fingerprint density at radius 3 is 2.36 bits per heavy atom. The molecule has 0 bridgehead atoms. The molecule has 1 unspecified atom stereocenters. The number of hydrogen-bond donors (Lipinski definition) is 0. The molecule has 1 heterocycles. The summed E-state index contributed by atoms with van der Waals surface area (Å²) in [4.78, 5) is 11.4. The van der Waals surface area contributed by atoms with Crippen LogP contribution in [-0.4, -0.2) is 11.8 Å². The average Bonchev–Trinajstić information content (AvgIpc) is 2.41. The molecule has 1 aliphatic heterocycles. The number of cyclic esters (lactones) is 1. The first-order valence-corrected chi connectivity index (χ1v) is 4.54. The Balaban J connectivity index is 2.26. The van der Waals surface area contributed by atoms with Gasteiger partial charge in [-0.2, -0.15) is 0 Å². The SMILES string of the molecule is CC1(C)OC(=O)C(c2ccccc2)O1. The van der Waals surface area contributed by atoms with Crippen molar-refractivity contribution in [3.8, 4) is 0 Å². The lowest BCUT2D eigenvalue weighted by Crippen LogP contribution is -2.20. The molecule has 0 N–H and O–H groups in total. The van der Waals surface area contributed by atoms with Crippen molar-refractivity contribution in [1.82, 2.24) is 0 Å². The van der Waals surface area contributed by atoms with E-state index < -0.39 is 11.9 Å². The van der Waals surface area contributed by atoms with Gasteiger partial charge in [0.1, 0.15) is 0 Å². The lowest BCUT2D eigenvalue weighted by molar-refractivity contribution is -0.160. The summed E-state index contributed by atoms with van der Waals surface area (Å²) in [6.07, 6.45) is -0.578. The number of benzene rings is 1. The van der Waals surface area contributed by atoms with Gasteiger partial charge in [0.05, 0.1) is 0 Å². The maximum atomic E-state index is 11.4. The highest BCUT2D eigenvalue weighted by Gasteiger charge is 2.41. The molecule has 1 aromatic carbocycles. The molecule has 2 rings (SSSR count). The van der Waals surface area contributed by atoms with E-state index >= 15 is 0 Å². The molecule has 1 saturated heterocycles. The normalized spacial score (nSPS) is 24.7. The molecule has 0 aromatic heterocycles. The van der Waals surface area contributed by atoms with Gasteiger partial charge in [0.15, 0.2) is 6.10 Å². The Labute approximate surface area is 82.6 Å². The molecule has 0 radical (unpaired) electrons. The van der Waals surface area contributed by atoms with E-state index in [4.69, 9.17) is 9.47 Å². The van der Waals surface area contributed by atoms with Gasteiger partial charge in [-0.25, -0.2) is 4.79 Å². The van der Waals surface area contributed by atoms with E-state index in [-0.39, 0.29) is 5.97 Å². The predicted molar refractivity (Wildman–Crippen MR) is 50.4 cm³/mol. The molecule has 74 valence electrons. The zero-order valence-electron chi connectivity index (χ0n) is 8.19. The summed E-state index contributed by atoms with van der Waals surface area (Å²) in [5, 5.41) is 0. The monoisotopic (exact) mass is 192 g/mol. The van der Waals surface area contributed by atoms with Crippen LogP contribution in [0.3, 0.4) is 0 Å². The maximum Gasteiger partial charge on any atom is 0.342 e. The van der Waals surface area contributed by atoms with E-state index in [9.17, 15) is 4.79 Å². The van der Waals surface area contributed by atoms with Gasteiger partial charge in [-0.1, -0.05) is 30.3 Å². The second-order valence-electron chi connectivity index (χ2n) is 3.73. The van der Waals surface area contributed by atoms with Crippen LogP contribution >= 0.6 is 0 Å². The molecule has 3 heteroatoms. The molecule has 1 aliphatic rings. The maximum absolute atomic E-state index is 11.4. The molecule has 1 fully saturated rings. The van der Waals surface area contributed by atoms with E-state index in [2.05, 4.69) is 0 Å². The summed E-state index contributed by atoms with van der Waals surface area (Å²) in [6, 6.07) is 9.35. The van der Waals surface area contributed by atoms with Gasteiger partial charge in [-0.15, -0.1) is 0 Å². The fraction of sp³-hybridized carbons (Fsp3) is 0.364. The summed E-state index contributed by atoms with van der Waals surface area (Å²) < 4.78 is 10.5. The number of carbonyl (C=O) groups is 1. The van der Waals surface area contributed by atoms with Crippen molar-refractivity contribution in [2.75, 3.05) is 0 Å². The summed E-state index contributed by atoms with van der Waals surface area (Å²) in [5.41, 5.74) is 0.836. The summed E-state index contributed by atoms with van der Waals surface area (Å²) in [6.45, 7) is 3.46. The summed E-state index contributed by atoms with van der Waals surface area (Å²) in [7, 11) is 0. The Kier molecular flexibility index (Phi) is 2.04. The standard InChI is InChI=1S/C11H12O3/c1-11(2)13-9(10(12)14-11)8-6-4-3-5-7-8/h3-7,9H,1-2H3. The fourth-order valence-corrected chi connectivity index (χ4v) is 1.48. The number of rotatable bonds is 1. The van der Waals surface area contributed by atoms with Crippen molar-refractivity contribution in [3.05, 3.63) is 35.9 Å². The molecule has 0 spiro atoms. The highest BCUT2D eigenvalue weighted by molar-refractivity contribution is 5.78. The van der Waals surface area contributed by atoms with Crippen LogP contribution in [0.15, 0.2) is 30.3 Å². The Morgan fingerprint density at radius 2 is 1.86 bits per heavy atom. The second-order valence-corrected chi connectivity index (χ2v) is 3.73. The van der Waals surface area contributed by atoms with Crippen LogP contribution in [0.5, 0.6) is 0 Å². The fourth-order valence-electron chi connectivity index (χ4n) is 1.48. The number of esters is 1. The highest BCUT2D eigenvalue weighted by Crippen LogP contribution is 2.33. The van der Waals surface area contributed by atoms with Gasteiger partial charge in [0.25, 0.3) is 0 Å². The van der Waals surface area contributed by atoms with E-state index in [0.29, 0.717) is 0 Å². The predicted octanol–water partition coefficient (Wildman–Crippen LogP) is 2.04. The van der Waals surface area contributed by atoms with E-state index in [1.54, 1.807) is 13.8 Å². The van der Waals surface area contributed by atoms with Gasteiger partial charge in [-0.05, 0) is 5.56 Å². The van der Waals surface area contributed by atoms with Crippen LogP contribution in [0.4, 0.5) is 0 Å². The van der Waals surface area contributed by atoms with Crippen molar-refractivity contribution in [3.63, 3.8) is 0 Å². The molecule has 3 nitrogen and oxygen atoms in total. The zero-order valence-corrected chi connectivity index (χ0v) is 8.19. The number of carbonyl (C=O) groups excluding carboxylic acids is 1. The molecule has 0 amide bonds. The van der Waals surface area contributed by atoms with Crippen LogP contribution in [0.2, 0.25) is 0 Å². The van der Waals surface area contributed by atoms with Gasteiger partial charge < -0.3 is 9.47 Å². The largest absolute Gasteiger partial charge is 0.431 e. The molecule has 0 aliphatic carbocycles. The highest BCUT2D eigenvalue weighted by atomic mass is 16.8. The molecule has 1 atom stereocenters. The van der Waals surface area contributed by atoms with Gasteiger partial charge >= 0.3 is 5.97 Å². The topological polar surface area (TPSA) is 35.5 Å². The van der Waals surface area contributed by atoms with Gasteiger partial charge in [-0.3, -0.25) is 0 Å². The van der Waals surface area contributed by atoms with E-state index in [1.807, 2.05) is 30.3 Å². The summed E-state index contributed by atoms with van der Waals surface area (Å²) in [5.74, 6) is -1.13. The van der Waals surface area contributed by atoms with Crippen LogP contribution in [-0.2, 0) is 14.3 Å². The quantitative estimate of drug-likeness (QED) is 0.639. The second kappa shape index (κ2) is 3.10. The molecule has 14 heavy (non-hydrogen) atoms.